The molecule has 1 N–H and O–H groups in total. The Labute approximate surface area is 148 Å². The maximum absolute atomic E-state index is 11.4. The minimum atomic E-state index is -4.30. The predicted octanol–water partition coefficient (Wildman–Crippen LogP) is 4.31. The topological polar surface area (TPSA) is 69.6 Å². The number of hydrogen-bond donors (Lipinski definition) is 1. The van der Waals surface area contributed by atoms with Crippen molar-refractivity contribution in [2.45, 2.75) is 81.4 Å². The lowest BCUT2D eigenvalue weighted by molar-refractivity contribution is -0.194. The molecule has 3 unspecified atom stereocenters. The van der Waals surface area contributed by atoms with E-state index in [1.54, 1.807) is 0 Å². The molecule has 1 heterocycles. The van der Waals surface area contributed by atoms with Crippen LogP contribution in [-0.2, 0) is 9.30 Å². The summed E-state index contributed by atoms with van der Waals surface area (Å²) in [6, 6.07) is 0. The fourth-order valence-corrected chi connectivity index (χ4v) is 5.39. The van der Waals surface area contributed by atoms with Gasteiger partial charge in [-0.2, -0.15) is 0 Å². The van der Waals surface area contributed by atoms with E-state index in [1.807, 2.05) is 6.92 Å². The molecule has 0 aromatic rings. The molecule has 1 fully saturated rings. The minimum Gasteiger partial charge on any atom is -0.779 e. The fourth-order valence-electron chi connectivity index (χ4n) is 4.45. The Hall–Kier alpha value is 0.110. The van der Waals surface area contributed by atoms with Crippen LogP contribution in [-0.4, -0.2) is 23.3 Å². The van der Waals surface area contributed by atoms with Crippen molar-refractivity contribution in [1.29, 1.82) is 0 Å². The monoisotopic (exact) mass is 361 g/mol. The van der Waals surface area contributed by atoms with Crippen LogP contribution in [0.5, 0.6) is 0 Å². The predicted molar refractivity (Wildman–Crippen MR) is 97.9 cm³/mol. The second kappa shape index (κ2) is 6.68. The van der Waals surface area contributed by atoms with E-state index < -0.39 is 7.60 Å². The Morgan fingerprint density at radius 2 is 1.38 bits per heavy atom. The number of ether oxygens (including phenoxy) is 1. The summed E-state index contributed by atoms with van der Waals surface area (Å²) in [5, 5.41) is 0. The Morgan fingerprint density at radius 3 is 1.67 bits per heavy atom. The maximum atomic E-state index is 11.4. The maximum Gasteiger partial charge on any atom is 0.132 e. The van der Waals surface area contributed by atoms with Crippen LogP contribution < -0.4 is 4.89 Å². The van der Waals surface area contributed by atoms with E-state index in [0.29, 0.717) is 5.92 Å². The van der Waals surface area contributed by atoms with E-state index in [1.165, 1.54) is 0 Å². The van der Waals surface area contributed by atoms with Crippen LogP contribution in [0.1, 0.15) is 69.2 Å². The van der Waals surface area contributed by atoms with Crippen LogP contribution in [0.25, 0.3) is 0 Å². The smallest absolute Gasteiger partial charge is 0.132 e. The van der Waals surface area contributed by atoms with Gasteiger partial charge >= 0.3 is 0 Å². The highest BCUT2D eigenvalue weighted by Crippen LogP contribution is 2.56. The van der Waals surface area contributed by atoms with Gasteiger partial charge in [0.1, 0.15) is 7.60 Å². The molecular weight excluding hydrogens is 323 g/mol. The molecule has 1 aliphatic rings. The third-order valence-corrected chi connectivity index (χ3v) is 6.34. The molecule has 0 amide bonds. The molecule has 1 saturated heterocycles. The average Bonchev–Trinajstić information content (AvgIpc) is 2.64. The number of hydrogen-bond acceptors (Lipinski definition) is 3. The van der Waals surface area contributed by atoms with Crippen molar-refractivity contribution >= 4 is 7.60 Å². The molecule has 0 spiro atoms. The standard InChI is InChI=1S/C19H39O4P/c1-12(11-24(20,21)22)15-13(17(2,3)4)14(18(5,6)7)16(23-15)19(8,9)10/h12-16H,11H2,1-10H3,(H2,20,21,22)/p-1/t12?,13?,14-,15+,16+/m0/s1. The van der Waals surface area contributed by atoms with Crippen molar-refractivity contribution in [3.05, 3.63) is 0 Å². The summed E-state index contributed by atoms with van der Waals surface area (Å²) in [4.78, 5) is 20.8. The Morgan fingerprint density at radius 1 is 0.958 bits per heavy atom. The van der Waals surface area contributed by atoms with Gasteiger partial charge in [-0.1, -0.05) is 69.2 Å². The lowest BCUT2D eigenvalue weighted by atomic mass is 9.58. The summed E-state index contributed by atoms with van der Waals surface area (Å²) < 4.78 is 18.0. The highest BCUT2D eigenvalue weighted by molar-refractivity contribution is 7.50. The summed E-state index contributed by atoms with van der Waals surface area (Å²) in [7, 11) is -4.30. The third kappa shape index (κ3) is 5.30. The van der Waals surface area contributed by atoms with E-state index in [0.717, 1.165) is 0 Å². The Kier molecular flexibility index (Phi) is 6.17. The quantitative estimate of drug-likeness (QED) is 0.761. The zero-order valence-electron chi connectivity index (χ0n) is 17.2. The zero-order chi connectivity index (χ0) is 19.3. The van der Waals surface area contributed by atoms with Crippen molar-refractivity contribution in [3.8, 4) is 0 Å². The average molecular weight is 361 g/mol. The molecule has 5 heteroatoms. The lowest BCUT2D eigenvalue weighted by Crippen LogP contribution is -2.44. The fraction of sp³-hybridized carbons (Fsp3) is 1.00. The molecule has 0 saturated carbocycles. The summed E-state index contributed by atoms with van der Waals surface area (Å²) in [5.41, 5.74) is 0.000231. The van der Waals surface area contributed by atoms with Crippen molar-refractivity contribution < 1.29 is 19.1 Å². The molecule has 0 radical (unpaired) electrons. The molecule has 6 atom stereocenters. The normalized spacial score (nSPS) is 33.3. The van der Waals surface area contributed by atoms with Crippen LogP contribution in [0, 0.1) is 34.0 Å². The second-order valence-electron chi connectivity index (χ2n) is 11.0. The van der Waals surface area contributed by atoms with Gasteiger partial charge in [-0.05, 0) is 34.0 Å². The van der Waals surface area contributed by atoms with Gasteiger partial charge in [0.2, 0.25) is 0 Å². The number of rotatable bonds is 3. The van der Waals surface area contributed by atoms with E-state index in [2.05, 4.69) is 62.3 Å². The van der Waals surface area contributed by atoms with Gasteiger partial charge in [-0.3, -0.25) is 0 Å². The molecule has 0 bridgehead atoms. The van der Waals surface area contributed by atoms with E-state index in [-0.39, 0.29) is 46.5 Å². The van der Waals surface area contributed by atoms with Gasteiger partial charge < -0.3 is 19.1 Å². The highest BCUT2D eigenvalue weighted by atomic mass is 31.2. The van der Waals surface area contributed by atoms with Crippen LogP contribution in [0.2, 0.25) is 0 Å². The summed E-state index contributed by atoms with van der Waals surface area (Å²) >= 11 is 0. The van der Waals surface area contributed by atoms with Crippen molar-refractivity contribution in [2.75, 3.05) is 6.16 Å². The molecular formula is C19H38O4P-. The van der Waals surface area contributed by atoms with Crippen LogP contribution in [0.3, 0.4) is 0 Å². The molecule has 4 nitrogen and oxygen atoms in total. The van der Waals surface area contributed by atoms with Gasteiger partial charge in [0.15, 0.2) is 0 Å². The van der Waals surface area contributed by atoms with Gasteiger partial charge in [0.25, 0.3) is 0 Å². The van der Waals surface area contributed by atoms with Crippen molar-refractivity contribution in [1.82, 2.24) is 0 Å². The van der Waals surface area contributed by atoms with E-state index >= 15 is 0 Å². The molecule has 1 rings (SSSR count). The molecule has 0 aromatic heterocycles. The van der Waals surface area contributed by atoms with E-state index in [4.69, 9.17) is 4.74 Å². The lowest BCUT2D eigenvalue weighted by Gasteiger charge is -2.45. The van der Waals surface area contributed by atoms with Gasteiger partial charge in [0, 0.05) is 6.16 Å². The Balaban J connectivity index is 3.36. The molecule has 144 valence electrons. The van der Waals surface area contributed by atoms with Crippen LogP contribution in [0.4, 0.5) is 0 Å². The van der Waals surface area contributed by atoms with Gasteiger partial charge in [-0.15, -0.1) is 0 Å². The summed E-state index contributed by atoms with van der Waals surface area (Å²) in [5.74, 6) is 0.303. The van der Waals surface area contributed by atoms with Crippen molar-refractivity contribution in [2.24, 2.45) is 34.0 Å². The summed E-state index contributed by atoms with van der Waals surface area (Å²) in [6.45, 7) is 21.8. The molecule has 0 aliphatic carbocycles. The first kappa shape index (κ1) is 22.2. The Bertz CT molecular complexity index is 475. The minimum absolute atomic E-state index is 0.0147. The second-order valence-corrected chi connectivity index (χ2v) is 12.6. The molecule has 0 aromatic carbocycles. The third-order valence-electron chi connectivity index (χ3n) is 5.30. The molecule has 1 aliphatic heterocycles. The molecule has 24 heavy (non-hydrogen) atoms. The summed E-state index contributed by atoms with van der Waals surface area (Å²) in [6.07, 6.45) is -0.343. The van der Waals surface area contributed by atoms with Crippen LogP contribution >= 0.6 is 7.60 Å². The largest absolute Gasteiger partial charge is 0.779 e. The van der Waals surface area contributed by atoms with Gasteiger partial charge in [-0.25, -0.2) is 0 Å². The van der Waals surface area contributed by atoms with Gasteiger partial charge in [0.05, 0.1) is 12.2 Å². The van der Waals surface area contributed by atoms with Crippen LogP contribution in [0.15, 0.2) is 0 Å². The van der Waals surface area contributed by atoms with Crippen molar-refractivity contribution in [3.63, 3.8) is 0 Å². The first-order valence-electron chi connectivity index (χ1n) is 9.04. The highest BCUT2D eigenvalue weighted by Gasteiger charge is 2.57. The SMILES string of the molecule is CC(CP(=O)([O-])O)[C@H]1O[C@@H](C(C)(C)C)[C@@H](C(C)(C)C)C1C(C)(C)C. The first-order valence-corrected chi connectivity index (χ1v) is 10.8. The zero-order valence-corrected chi connectivity index (χ0v) is 18.1. The first-order chi connectivity index (χ1) is 10.4. The van der Waals surface area contributed by atoms with E-state index in [9.17, 15) is 14.4 Å².